The summed E-state index contributed by atoms with van der Waals surface area (Å²) in [6.07, 6.45) is 0.904. The highest BCUT2D eigenvalue weighted by molar-refractivity contribution is 8.03. The molecule has 0 aliphatic carbocycles. The molecular formula is C22H21F5N4O4S. The van der Waals surface area contributed by atoms with Crippen molar-refractivity contribution in [1.82, 2.24) is 20.9 Å². The molecule has 3 heterocycles. The molecule has 2 atom stereocenters. The molecule has 4 rings (SSSR count). The van der Waals surface area contributed by atoms with Gasteiger partial charge < -0.3 is 15.5 Å². The summed E-state index contributed by atoms with van der Waals surface area (Å²) < 4.78 is 66.6. The lowest BCUT2D eigenvalue weighted by Crippen LogP contribution is -2.55. The van der Waals surface area contributed by atoms with Gasteiger partial charge in [-0.25, -0.2) is 0 Å². The van der Waals surface area contributed by atoms with Gasteiger partial charge in [-0.1, -0.05) is 18.2 Å². The van der Waals surface area contributed by atoms with Gasteiger partial charge >= 0.3 is 11.4 Å². The molecule has 1 saturated heterocycles. The Hall–Kier alpha value is -3.00. The van der Waals surface area contributed by atoms with Crippen LogP contribution in [0.3, 0.4) is 0 Å². The molecular weight excluding hydrogens is 511 g/mol. The van der Waals surface area contributed by atoms with Crippen LogP contribution in [0, 0.1) is 0 Å². The molecule has 14 heteroatoms. The Labute approximate surface area is 206 Å². The fourth-order valence-electron chi connectivity index (χ4n) is 4.33. The van der Waals surface area contributed by atoms with Crippen LogP contribution in [0.5, 0.6) is 0 Å². The second kappa shape index (κ2) is 9.81. The Bertz CT molecular complexity index is 1140. The van der Waals surface area contributed by atoms with Gasteiger partial charge in [0, 0.05) is 36.5 Å². The molecule has 4 amide bonds. The van der Waals surface area contributed by atoms with E-state index in [4.69, 9.17) is 0 Å². The van der Waals surface area contributed by atoms with Gasteiger partial charge in [0.1, 0.15) is 6.04 Å². The van der Waals surface area contributed by atoms with Crippen LogP contribution >= 0.6 is 11.8 Å². The van der Waals surface area contributed by atoms with Gasteiger partial charge in [0.25, 0.3) is 11.8 Å². The van der Waals surface area contributed by atoms with Crippen molar-refractivity contribution < 1.29 is 41.1 Å². The van der Waals surface area contributed by atoms with Gasteiger partial charge in [-0.05, 0) is 41.8 Å². The number of nitrogens with one attached hydrogen (secondary N) is 3. The minimum Gasteiger partial charge on any atom is -0.347 e. The van der Waals surface area contributed by atoms with Crippen LogP contribution in [0.25, 0.3) is 0 Å². The molecule has 0 saturated carbocycles. The van der Waals surface area contributed by atoms with Gasteiger partial charge in [-0.15, -0.1) is 0 Å². The lowest BCUT2D eigenvalue weighted by atomic mass is 10.0. The zero-order valence-electron chi connectivity index (χ0n) is 18.6. The molecule has 1 aromatic rings. The first kappa shape index (κ1) is 26.1. The minimum absolute atomic E-state index is 0.0923. The first-order chi connectivity index (χ1) is 16.8. The van der Waals surface area contributed by atoms with Crippen molar-refractivity contribution in [3.63, 3.8) is 0 Å². The molecule has 2 unspecified atom stereocenters. The average molecular weight is 532 g/mol. The average Bonchev–Trinajstić information content (AvgIpc) is 3.12. The van der Waals surface area contributed by atoms with E-state index in [1.54, 1.807) is 6.07 Å². The van der Waals surface area contributed by atoms with Crippen molar-refractivity contribution in [2.24, 2.45) is 0 Å². The fraction of sp³-hybridized carbons (Fsp3) is 0.455. The van der Waals surface area contributed by atoms with Crippen LogP contribution in [-0.4, -0.2) is 58.6 Å². The summed E-state index contributed by atoms with van der Waals surface area (Å²) in [5.74, 6) is -6.81. The van der Waals surface area contributed by atoms with Crippen molar-refractivity contribution in [3.05, 3.63) is 45.9 Å². The number of alkyl halides is 5. The minimum atomic E-state index is -4.53. The number of fused-ring (bicyclic) bond motifs is 1. The number of benzene rings is 1. The Morgan fingerprint density at radius 3 is 2.56 bits per heavy atom. The number of hydrogen-bond donors (Lipinski definition) is 3. The lowest BCUT2D eigenvalue weighted by Gasteiger charge is -2.29. The Kier molecular flexibility index (Phi) is 7.10. The van der Waals surface area contributed by atoms with Crippen LogP contribution in [0.15, 0.2) is 29.2 Å². The second-order valence-electron chi connectivity index (χ2n) is 8.58. The normalized spacial score (nSPS) is 22.8. The third kappa shape index (κ3) is 5.53. The molecule has 3 aliphatic rings. The molecule has 0 radical (unpaired) electrons. The van der Waals surface area contributed by atoms with Crippen molar-refractivity contribution in [1.29, 1.82) is 0 Å². The zero-order chi connectivity index (χ0) is 26.3. The first-order valence-corrected chi connectivity index (χ1v) is 11.8. The first-order valence-electron chi connectivity index (χ1n) is 11.0. The van der Waals surface area contributed by atoms with Crippen LogP contribution < -0.4 is 16.0 Å². The molecule has 0 aromatic heterocycles. The molecule has 194 valence electrons. The Morgan fingerprint density at radius 2 is 1.92 bits per heavy atom. The number of hydrogen-bond acceptors (Lipinski definition) is 6. The summed E-state index contributed by atoms with van der Waals surface area (Å²) in [7, 11) is 0. The number of rotatable bonds is 6. The largest absolute Gasteiger partial charge is 0.446 e. The smallest absolute Gasteiger partial charge is 0.347 e. The lowest BCUT2D eigenvalue weighted by molar-refractivity contribution is -0.150. The van der Waals surface area contributed by atoms with Crippen LogP contribution in [0.4, 0.5) is 22.0 Å². The highest BCUT2D eigenvalue weighted by Gasteiger charge is 2.48. The topological polar surface area (TPSA) is 108 Å². The standard InChI is InChI=1S/C22H21F5N4O4S/c23-21(24,16-5-2-13(9-28-16)36-22(25,26)27)20(35)29-8-11-1-3-14-12(7-11)10-31(19(14)34)15-4-6-17(32)30-18(15)33/h1-3,7,15-16,28H,4-6,8-10H2,(H,29,35)(H,30,32,33). The number of carbonyl (C=O) groups excluding carboxylic acids is 4. The van der Waals surface area contributed by atoms with E-state index in [1.807, 2.05) is 0 Å². The number of thioether (sulfide) groups is 1. The predicted octanol–water partition coefficient (Wildman–Crippen LogP) is 2.20. The van der Waals surface area contributed by atoms with Crippen LogP contribution in [0.2, 0.25) is 0 Å². The van der Waals surface area contributed by atoms with E-state index in [1.165, 1.54) is 17.0 Å². The maximum absolute atomic E-state index is 14.6. The third-order valence-electron chi connectivity index (χ3n) is 6.13. The highest BCUT2D eigenvalue weighted by Crippen LogP contribution is 2.38. The number of imide groups is 1. The molecule has 8 nitrogen and oxygen atoms in total. The monoisotopic (exact) mass is 532 g/mol. The van der Waals surface area contributed by atoms with Gasteiger partial charge in [0.05, 0.1) is 6.04 Å². The van der Waals surface area contributed by atoms with Crippen molar-refractivity contribution in [2.75, 3.05) is 6.54 Å². The Balaban J connectivity index is 1.35. The fourth-order valence-corrected chi connectivity index (χ4v) is 4.96. The molecule has 36 heavy (non-hydrogen) atoms. The zero-order valence-corrected chi connectivity index (χ0v) is 19.4. The van der Waals surface area contributed by atoms with E-state index in [0.717, 1.165) is 6.08 Å². The molecule has 1 aromatic carbocycles. The van der Waals surface area contributed by atoms with Crippen LogP contribution in [-0.2, 0) is 27.5 Å². The number of nitrogens with zero attached hydrogens (tertiary/aromatic N) is 1. The quantitative estimate of drug-likeness (QED) is 0.383. The van der Waals surface area contributed by atoms with E-state index < -0.39 is 54.2 Å². The SMILES string of the molecule is O=C1CCC(N2Cc3cc(CNC(=O)C(F)(F)C4CC=C(SC(F)(F)F)CN4)ccc3C2=O)C(=O)N1. The summed E-state index contributed by atoms with van der Waals surface area (Å²) in [4.78, 5) is 49.6. The molecule has 3 N–H and O–H groups in total. The van der Waals surface area contributed by atoms with Gasteiger partial charge in [0.2, 0.25) is 11.8 Å². The summed E-state index contributed by atoms with van der Waals surface area (Å²) in [6, 6.07) is 2.09. The van der Waals surface area contributed by atoms with Crippen molar-refractivity contribution >= 4 is 35.4 Å². The third-order valence-corrected chi connectivity index (χ3v) is 6.94. The van der Waals surface area contributed by atoms with Gasteiger partial charge in [-0.2, -0.15) is 22.0 Å². The van der Waals surface area contributed by atoms with E-state index >= 15 is 0 Å². The second-order valence-corrected chi connectivity index (χ2v) is 9.78. The van der Waals surface area contributed by atoms with Crippen LogP contribution in [0.1, 0.15) is 40.7 Å². The van der Waals surface area contributed by atoms with Gasteiger partial charge in [0.15, 0.2) is 0 Å². The van der Waals surface area contributed by atoms with Crippen molar-refractivity contribution in [2.45, 2.75) is 55.9 Å². The molecule has 3 aliphatic heterocycles. The predicted molar refractivity (Wildman–Crippen MR) is 117 cm³/mol. The van der Waals surface area contributed by atoms with E-state index in [0.29, 0.717) is 16.7 Å². The van der Waals surface area contributed by atoms with E-state index in [2.05, 4.69) is 16.0 Å². The summed E-state index contributed by atoms with van der Waals surface area (Å²) in [6.45, 7) is -0.610. The maximum atomic E-state index is 14.6. The van der Waals surface area contributed by atoms with Crippen molar-refractivity contribution in [3.8, 4) is 0 Å². The summed E-state index contributed by atoms with van der Waals surface area (Å²) >= 11 is -0.386. The number of carbonyl (C=O) groups is 4. The summed E-state index contributed by atoms with van der Waals surface area (Å²) in [5, 5.41) is 6.64. The number of halogens is 5. The summed E-state index contributed by atoms with van der Waals surface area (Å²) in [5.41, 5.74) is -3.20. The molecule has 1 fully saturated rings. The highest BCUT2D eigenvalue weighted by atomic mass is 32.2. The number of amides is 4. The van der Waals surface area contributed by atoms with E-state index in [-0.39, 0.29) is 48.5 Å². The number of piperidine rings is 1. The van der Waals surface area contributed by atoms with Gasteiger partial charge in [-0.3, -0.25) is 24.5 Å². The molecule has 0 bridgehead atoms. The van der Waals surface area contributed by atoms with E-state index in [9.17, 15) is 41.1 Å². The Morgan fingerprint density at radius 1 is 1.17 bits per heavy atom. The maximum Gasteiger partial charge on any atom is 0.446 e. The molecule has 0 spiro atoms.